The summed E-state index contributed by atoms with van der Waals surface area (Å²) in [6, 6.07) is 6.37. The molecule has 4 heteroatoms. The van der Waals surface area contributed by atoms with Gasteiger partial charge >= 0.3 is 0 Å². The molecule has 1 saturated heterocycles. The van der Waals surface area contributed by atoms with Crippen LogP contribution >= 0.6 is 11.6 Å². The van der Waals surface area contributed by atoms with E-state index in [9.17, 15) is 0 Å². The maximum atomic E-state index is 5.97. The number of hydrogen-bond donors (Lipinski definition) is 1. The molecule has 0 amide bonds. The highest BCUT2D eigenvalue weighted by Gasteiger charge is 2.16. The van der Waals surface area contributed by atoms with Crippen molar-refractivity contribution in [1.82, 2.24) is 15.3 Å². The summed E-state index contributed by atoms with van der Waals surface area (Å²) in [5.41, 5.74) is 2.05. The van der Waals surface area contributed by atoms with Crippen molar-refractivity contribution in [3.8, 4) is 0 Å². The zero-order valence-corrected chi connectivity index (χ0v) is 10.2. The first-order chi connectivity index (χ1) is 8.33. The summed E-state index contributed by atoms with van der Waals surface area (Å²) in [4.78, 5) is 8.67. The van der Waals surface area contributed by atoms with Crippen molar-refractivity contribution in [1.29, 1.82) is 0 Å². The van der Waals surface area contributed by atoms with Gasteiger partial charge in [-0.1, -0.05) is 11.6 Å². The lowest BCUT2D eigenvalue weighted by Gasteiger charge is -2.11. The number of halogens is 1. The number of benzene rings is 1. The van der Waals surface area contributed by atoms with E-state index in [1.807, 2.05) is 18.2 Å². The van der Waals surface area contributed by atoms with Gasteiger partial charge < -0.3 is 5.32 Å². The number of aromatic nitrogens is 2. The molecule has 1 aliphatic rings. The van der Waals surface area contributed by atoms with Gasteiger partial charge in [-0.3, -0.25) is 0 Å². The molecule has 3 nitrogen and oxygen atoms in total. The van der Waals surface area contributed by atoms with Crippen LogP contribution in [0, 0.1) is 0 Å². The van der Waals surface area contributed by atoms with E-state index in [-0.39, 0.29) is 0 Å². The smallest absolute Gasteiger partial charge is 0.116 e. The Balaban J connectivity index is 1.97. The van der Waals surface area contributed by atoms with Crippen LogP contribution in [0.15, 0.2) is 24.5 Å². The van der Waals surface area contributed by atoms with E-state index < -0.39 is 0 Å². The third-order valence-electron chi connectivity index (χ3n) is 3.28. The summed E-state index contributed by atoms with van der Waals surface area (Å²) >= 11 is 5.97. The fourth-order valence-corrected chi connectivity index (χ4v) is 2.58. The summed E-state index contributed by atoms with van der Waals surface area (Å²) in [7, 11) is 0. The monoisotopic (exact) mass is 247 g/mol. The lowest BCUT2D eigenvalue weighted by Crippen LogP contribution is -2.24. The quantitative estimate of drug-likeness (QED) is 0.887. The van der Waals surface area contributed by atoms with Crippen molar-refractivity contribution < 1.29 is 0 Å². The largest absolute Gasteiger partial charge is 0.314 e. The molecule has 0 aliphatic carbocycles. The highest BCUT2D eigenvalue weighted by molar-refractivity contribution is 6.31. The number of rotatable bonds is 2. The van der Waals surface area contributed by atoms with Gasteiger partial charge in [0.2, 0.25) is 0 Å². The lowest BCUT2D eigenvalue weighted by atomic mass is 10.1. The van der Waals surface area contributed by atoms with Crippen LogP contribution in [-0.2, 0) is 6.42 Å². The van der Waals surface area contributed by atoms with Gasteiger partial charge in [-0.2, -0.15) is 0 Å². The maximum absolute atomic E-state index is 5.97. The van der Waals surface area contributed by atoms with Crippen LogP contribution < -0.4 is 5.32 Å². The van der Waals surface area contributed by atoms with Crippen molar-refractivity contribution in [3.05, 3.63) is 35.2 Å². The predicted molar refractivity (Wildman–Crippen MR) is 69.3 cm³/mol. The molecule has 0 radical (unpaired) electrons. The van der Waals surface area contributed by atoms with Gasteiger partial charge in [0.1, 0.15) is 6.33 Å². The van der Waals surface area contributed by atoms with Crippen LogP contribution in [0.2, 0.25) is 5.02 Å². The van der Waals surface area contributed by atoms with E-state index >= 15 is 0 Å². The molecule has 1 aromatic carbocycles. The van der Waals surface area contributed by atoms with Crippen molar-refractivity contribution in [2.24, 2.45) is 0 Å². The van der Waals surface area contributed by atoms with Gasteiger partial charge in [-0.15, -0.1) is 0 Å². The first-order valence-corrected chi connectivity index (χ1v) is 6.33. The van der Waals surface area contributed by atoms with Crippen LogP contribution in [0.5, 0.6) is 0 Å². The second-order valence-electron chi connectivity index (χ2n) is 4.48. The molecule has 2 aromatic rings. The van der Waals surface area contributed by atoms with Crippen molar-refractivity contribution in [3.63, 3.8) is 0 Å². The Morgan fingerprint density at radius 1 is 1.35 bits per heavy atom. The van der Waals surface area contributed by atoms with E-state index in [4.69, 9.17) is 11.6 Å². The molecule has 2 heterocycles. The molecule has 1 aromatic heterocycles. The highest BCUT2D eigenvalue weighted by atomic mass is 35.5. The van der Waals surface area contributed by atoms with Crippen LogP contribution in [0.3, 0.4) is 0 Å². The Morgan fingerprint density at radius 3 is 3.12 bits per heavy atom. The van der Waals surface area contributed by atoms with Crippen LogP contribution in [0.1, 0.15) is 18.5 Å². The van der Waals surface area contributed by atoms with E-state index in [0.717, 1.165) is 34.6 Å². The summed E-state index contributed by atoms with van der Waals surface area (Å²) in [6.07, 6.45) is 5.10. The predicted octanol–water partition coefficient (Wildman–Crippen LogP) is 2.58. The second kappa shape index (κ2) is 4.59. The van der Waals surface area contributed by atoms with Gasteiger partial charge in [0, 0.05) is 22.9 Å². The fourth-order valence-electron chi connectivity index (χ4n) is 2.41. The summed E-state index contributed by atoms with van der Waals surface area (Å²) in [6.45, 7) is 1.12. The van der Waals surface area contributed by atoms with Crippen molar-refractivity contribution in [2.45, 2.75) is 25.3 Å². The Kier molecular flexibility index (Phi) is 2.95. The minimum Gasteiger partial charge on any atom is -0.314 e. The van der Waals surface area contributed by atoms with Crippen molar-refractivity contribution >= 4 is 22.5 Å². The van der Waals surface area contributed by atoms with Crippen LogP contribution in [0.4, 0.5) is 0 Å². The zero-order valence-electron chi connectivity index (χ0n) is 9.49. The van der Waals surface area contributed by atoms with Gasteiger partial charge in [0.05, 0.1) is 11.2 Å². The minimum absolute atomic E-state index is 0.559. The van der Waals surface area contributed by atoms with Gasteiger partial charge in [0.25, 0.3) is 0 Å². The minimum atomic E-state index is 0.559. The number of nitrogens with zero attached hydrogens (tertiary/aromatic N) is 2. The molecule has 88 valence electrons. The first kappa shape index (κ1) is 10.9. The molecule has 3 rings (SSSR count). The zero-order chi connectivity index (χ0) is 11.7. The number of nitrogens with one attached hydrogen (secondary N) is 1. The molecule has 17 heavy (non-hydrogen) atoms. The van der Waals surface area contributed by atoms with E-state index in [0.29, 0.717) is 6.04 Å². The standard InChI is InChI=1S/C13H14ClN3/c14-9-3-4-11-12(6-9)16-8-17-13(11)7-10-2-1-5-15-10/h3-4,6,8,10,15H,1-2,5,7H2. The summed E-state index contributed by atoms with van der Waals surface area (Å²) < 4.78 is 0. The van der Waals surface area contributed by atoms with E-state index in [1.165, 1.54) is 12.8 Å². The fraction of sp³-hybridized carbons (Fsp3) is 0.385. The van der Waals surface area contributed by atoms with Gasteiger partial charge in [-0.25, -0.2) is 9.97 Å². The molecular weight excluding hydrogens is 234 g/mol. The summed E-state index contributed by atoms with van der Waals surface area (Å²) in [5, 5.41) is 5.33. The average Bonchev–Trinajstić information content (AvgIpc) is 2.82. The Bertz CT molecular complexity index is 535. The molecule has 1 N–H and O–H groups in total. The third-order valence-corrected chi connectivity index (χ3v) is 3.52. The lowest BCUT2D eigenvalue weighted by molar-refractivity contribution is 0.597. The third kappa shape index (κ3) is 2.26. The molecule has 0 spiro atoms. The van der Waals surface area contributed by atoms with E-state index in [1.54, 1.807) is 6.33 Å². The SMILES string of the molecule is Clc1ccc2c(CC3CCCN3)ncnc2c1. The topological polar surface area (TPSA) is 37.8 Å². The highest BCUT2D eigenvalue weighted by Crippen LogP contribution is 2.21. The molecule has 1 aliphatic heterocycles. The van der Waals surface area contributed by atoms with Crippen LogP contribution in [-0.4, -0.2) is 22.6 Å². The molecule has 1 atom stereocenters. The molecule has 0 bridgehead atoms. The normalized spacial score (nSPS) is 19.9. The maximum Gasteiger partial charge on any atom is 0.116 e. The van der Waals surface area contributed by atoms with E-state index in [2.05, 4.69) is 15.3 Å². The first-order valence-electron chi connectivity index (χ1n) is 5.95. The van der Waals surface area contributed by atoms with Crippen molar-refractivity contribution in [2.75, 3.05) is 6.54 Å². The summed E-state index contributed by atoms with van der Waals surface area (Å²) in [5.74, 6) is 0. The Labute approximate surface area is 105 Å². The van der Waals surface area contributed by atoms with Crippen LogP contribution in [0.25, 0.3) is 10.9 Å². The van der Waals surface area contributed by atoms with Gasteiger partial charge in [-0.05, 0) is 37.6 Å². The second-order valence-corrected chi connectivity index (χ2v) is 4.92. The van der Waals surface area contributed by atoms with Gasteiger partial charge in [0.15, 0.2) is 0 Å². The molecule has 1 unspecified atom stereocenters. The molecule has 0 saturated carbocycles. The molecule has 1 fully saturated rings. The number of hydrogen-bond acceptors (Lipinski definition) is 3. The molecular formula is C13H14ClN3. The number of fused-ring (bicyclic) bond motifs is 1. The average molecular weight is 248 g/mol. The Morgan fingerprint density at radius 2 is 2.29 bits per heavy atom. The Hall–Kier alpha value is -1.19.